The van der Waals surface area contributed by atoms with Gasteiger partial charge in [-0.2, -0.15) is 13.2 Å². The Morgan fingerprint density at radius 2 is 1.76 bits per heavy atom. The third-order valence-corrected chi connectivity index (χ3v) is 3.00. The lowest BCUT2D eigenvalue weighted by Gasteiger charge is -2.07. The summed E-state index contributed by atoms with van der Waals surface area (Å²) in [7, 11) is 0. The molecule has 1 aromatic rings. The highest BCUT2D eigenvalue weighted by molar-refractivity contribution is 7.99. The fraction of sp³-hybridized carbons (Fsp3) is 0.500. The molecule has 0 saturated carbocycles. The zero-order valence-corrected chi connectivity index (χ0v) is 10.4. The van der Waals surface area contributed by atoms with E-state index in [2.05, 4.69) is 0 Å². The van der Waals surface area contributed by atoms with Crippen LogP contribution in [0.2, 0.25) is 0 Å². The van der Waals surface area contributed by atoms with Crippen molar-refractivity contribution in [1.29, 1.82) is 0 Å². The lowest BCUT2D eigenvalue weighted by molar-refractivity contribution is -0.137. The average Bonchev–Trinajstić information content (AvgIpc) is 2.28. The third kappa shape index (κ3) is 5.46. The maximum absolute atomic E-state index is 12.3. The van der Waals surface area contributed by atoms with Crippen LogP contribution in [0, 0.1) is 0 Å². The Morgan fingerprint density at radius 1 is 1.12 bits per heavy atom. The molecule has 17 heavy (non-hydrogen) atoms. The number of hydrogen-bond acceptors (Lipinski definition) is 2. The molecule has 0 N–H and O–H groups in total. The van der Waals surface area contributed by atoms with E-state index in [1.165, 1.54) is 23.9 Å². The van der Waals surface area contributed by atoms with Gasteiger partial charge in [0, 0.05) is 17.3 Å². The van der Waals surface area contributed by atoms with Gasteiger partial charge in [0.15, 0.2) is 0 Å². The van der Waals surface area contributed by atoms with Crippen LogP contribution >= 0.6 is 11.8 Å². The average molecular weight is 264 g/mol. The van der Waals surface area contributed by atoms with Gasteiger partial charge in [0.05, 0.1) is 12.2 Å². The molecule has 96 valence electrons. The molecule has 0 radical (unpaired) electrons. The smallest absolute Gasteiger partial charge is 0.381 e. The lowest BCUT2D eigenvalue weighted by atomic mass is 10.2. The van der Waals surface area contributed by atoms with Gasteiger partial charge in [-0.25, -0.2) is 0 Å². The molecule has 5 heteroatoms. The van der Waals surface area contributed by atoms with Gasteiger partial charge in [-0.05, 0) is 30.7 Å². The molecule has 0 bridgehead atoms. The molecule has 0 aliphatic rings. The molecule has 0 aliphatic carbocycles. The molecular weight excluding hydrogens is 249 g/mol. The summed E-state index contributed by atoms with van der Waals surface area (Å²) in [5.74, 6) is 0.755. The fourth-order valence-corrected chi connectivity index (χ4v) is 1.97. The Bertz CT molecular complexity index is 322. The largest absolute Gasteiger partial charge is 0.416 e. The molecular formula is C12H15F3OS. The molecule has 0 aliphatic heterocycles. The van der Waals surface area contributed by atoms with Crippen molar-refractivity contribution in [1.82, 2.24) is 0 Å². The first-order valence-electron chi connectivity index (χ1n) is 5.42. The number of thioether (sulfide) groups is 1. The topological polar surface area (TPSA) is 9.23 Å². The summed E-state index contributed by atoms with van der Waals surface area (Å²) in [5.41, 5.74) is -0.607. The van der Waals surface area contributed by atoms with Crippen molar-refractivity contribution in [2.75, 3.05) is 19.0 Å². The van der Waals surface area contributed by atoms with Crippen LogP contribution in [-0.4, -0.2) is 19.0 Å². The number of hydrogen-bond donors (Lipinski definition) is 0. The second kappa shape index (κ2) is 6.91. The second-order valence-electron chi connectivity index (χ2n) is 3.48. The summed E-state index contributed by atoms with van der Waals surface area (Å²) in [6, 6.07) is 5.20. The molecule has 0 spiro atoms. The van der Waals surface area contributed by atoms with Gasteiger partial charge in [-0.3, -0.25) is 0 Å². The molecule has 0 fully saturated rings. The molecule has 0 aromatic heterocycles. The van der Waals surface area contributed by atoms with Crippen molar-refractivity contribution in [3.05, 3.63) is 29.8 Å². The van der Waals surface area contributed by atoms with Gasteiger partial charge in [0.25, 0.3) is 0 Å². The van der Waals surface area contributed by atoms with Crippen molar-refractivity contribution in [3.63, 3.8) is 0 Å². The van der Waals surface area contributed by atoms with Crippen LogP contribution in [0.25, 0.3) is 0 Å². The standard InChI is InChI=1S/C12H15F3OS/c1-2-7-16-8-9-17-11-5-3-10(4-6-11)12(13,14)15/h3-6H,2,7-9H2,1H3. The maximum Gasteiger partial charge on any atom is 0.416 e. The number of rotatable bonds is 6. The first kappa shape index (κ1) is 14.4. The van der Waals surface area contributed by atoms with E-state index < -0.39 is 11.7 Å². The van der Waals surface area contributed by atoms with Crippen molar-refractivity contribution >= 4 is 11.8 Å². The number of halogens is 3. The monoisotopic (exact) mass is 264 g/mol. The molecule has 0 saturated heterocycles. The van der Waals surface area contributed by atoms with E-state index in [4.69, 9.17) is 4.74 Å². The Hall–Kier alpha value is -0.680. The quantitative estimate of drug-likeness (QED) is 0.562. The highest BCUT2D eigenvalue weighted by Crippen LogP contribution is 2.30. The Morgan fingerprint density at radius 3 is 2.29 bits per heavy atom. The van der Waals surface area contributed by atoms with E-state index in [-0.39, 0.29) is 0 Å². The summed E-state index contributed by atoms with van der Waals surface area (Å²) >= 11 is 1.50. The second-order valence-corrected chi connectivity index (χ2v) is 4.65. The molecule has 0 unspecified atom stereocenters. The SMILES string of the molecule is CCCOCCSc1ccc(C(F)(F)F)cc1. The number of ether oxygens (including phenoxy) is 1. The molecule has 0 atom stereocenters. The first-order valence-corrected chi connectivity index (χ1v) is 6.40. The maximum atomic E-state index is 12.3. The summed E-state index contributed by atoms with van der Waals surface area (Å²) < 4.78 is 42.1. The molecule has 0 heterocycles. The first-order chi connectivity index (χ1) is 8.04. The predicted molar refractivity (Wildman–Crippen MR) is 63.3 cm³/mol. The minimum absolute atomic E-state index is 0.607. The van der Waals surface area contributed by atoms with Crippen molar-refractivity contribution in [3.8, 4) is 0 Å². The summed E-state index contributed by atoms with van der Waals surface area (Å²) in [6.07, 6.45) is -3.28. The highest BCUT2D eigenvalue weighted by atomic mass is 32.2. The molecule has 1 aromatic carbocycles. The highest BCUT2D eigenvalue weighted by Gasteiger charge is 2.29. The minimum atomic E-state index is -4.26. The zero-order chi connectivity index (χ0) is 12.7. The lowest BCUT2D eigenvalue weighted by Crippen LogP contribution is -2.04. The van der Waals surface area contributed by atoms with Crippen LogP contribution in [0.15, 0.2) is 29.2 Å². The van der Waals surface area contributed by atoms with E-state index in [0.717, 1.165) is 35.8 Å². The van der Waals surface area contributed by atoms with Gasteiger partial charge in [0.1, 0.15) is 0 Å². The Labute approximate surface area is 103 Å². The summed E-state index contributed by atoms with van der Waals surface area (Å²) in [4.78, 5) is 0.832. The van der Waals surface area contributed by atoms with E-state index in [1.54, 1.807) is 0 Å². The minimum Gasteiger partial charge on any atom is -0.381 e. The van der Waals surface area contributed by atoms with Crippen LogP contribution in [0.3, 0.4) is 0 Å². The number of alkyl halides is 3. The molecule has 0 amide bonds. The normalized spacial score (nSPS) is 11.8. The van der Waals surface area contributed by atoms with E-state index in [0.29, 0.717) is 6.61 Å². The van der Waals surface area contributed by atoms with Crippen LogP contribution < -0.4 is 0 Å². The van der Waals surface area contributed by atoms with Gasteiger partial charge in [-0.1, -0.05) is 6.92 Å². The van der Waals surface area contributed by atoms with E-state index >= 15 is 0 Å². The Balaban J connectivity index is 2.36. The third-order valence-electron chi connectivity index (χ3n) is 2.03. The predicted octanol–water partition coefficient (Wildman–Crippen LogP) is 4.22. The van der Waals surface area contributed by atoms with Crippen molar-refractivity contribution in [2.45, 2.75) is 24.4 Å². The van der Waals surface area contributed by atoms with Gasteiger partial charge >= 0.3 is 6.18 Å². The van der Waals surface area contributed by atoms with Crippen LogP contribution in [-0.2, 0) is 10.9 Å². The number of benzene rings is 1. The van der Waals surface area contributed by atoms with Crippen LogP contribution in [0.1, 0.15) is 18.9 Å². The zero-order valence-electron chi connectivity index (χ0n) is 9.59. The molecule has 1 rings (SSSR count). The van der Waals surface area contributed by atoms with Gasteiger partial charge < -0.3 is 4.74 Å². The van der Waals surface area contributed by atoms with Crippen molar-refractivity contribution < 1.29 is 17.9 Å². The Kier molecular flexibility index (Phi) is 5.85. The van der Waals surface area contributed by atoms with Crippen molar-refractivity contribution in [2.24, 2.45) is 0 Å². The summed E-state index contributed by atoms with van der Waals surface area (Å²) in [6.45, 7) is 3.39. The van der Waals surface area contributed by atoms with Gasteiger partial charge in [-0.15, -0.1) is 11.8 Å². The van der Waals surface area contributed by atoms with Crippen LogP contribution in [0.5, 0.6) is 0 Å². The van der Waals surface area contributed by atoms with Gasteiger partial charge in [0.2, 0.25) is 0 Å². The van der Waals surface area contributed by atoms with E-state index in [9.17, 15) is 13.2 Å². The molecule has 1 nitrogen and oxygen atoms in total. The fourth-order valence-electron chi connectivity index (χ4n) is 1.20. The van der Waals surface area contributed by atoms with E-state index in [1.807, 2.05) is 6.92 Å². The summed E-state index contributed by atoms with van der Waals surface area (Å²) in [5, 5.41) is 0. The van der Waals surface area contributed by atoms with Crippen LogP contribution in [0.4, 0.5) is 13.2 Å².